The lowest BCUT2D eigenvalue weighted by atomic mass is 9.87. The molecule has 3 N–H and O–H groups in total. The van der Waals surface area contributed by atoms with Gasteiger partial charge in [0.2, 0.25) is 11.1 Å². The average Bonchev–Trinajstić information content (AvgIpc) is 2.66. The molecule has 0 aliphatic heterocycles. The molecule has 0 bridgehead atoms. The first-order valence-electron chi connectivity index (χ1n) is 5.67. The average molecular weight is 226 g/mol. The number of nitrogens with two attached hydrogens (primary N) is 1. The van der Waals surface area contributed by atoms with Gasteiger partial charge in [-0.2, -0.15) is 9.36 Å². The van der Waals surface area contributed by atoms with E-state index in [9.17, 15) is 0 Å². The van der Waals surface area contributed by atoms with E-state index >= 15 is 0 Å². The van der Waals surface area contributed by atoms with E-state index in [4.69, 9.17) is 5.73 Å². The third-order valence-corrected chi connectivity index (χ3v) is 3.68. The Morgan fingerprint density at radius 1 is 1.33 bits per heavy atom. The van der Waals surface area contributed by atoms with E-state index in [1.54, 1.807) is 0 Å². The molecule has 0 saturated heterocycles. The Balaban J connectivity index is 1.65. The zero-order valence-electron chi connectivity index (χ0n) is 8.91. The second kappa shape index (κ2) is 5.30. The van der Waals surface area contributed by atoms with E-state index in [-0.39, 0.29) is 0 Å². The van der Waals surface area contributed by atoms with Crippen LogP contribution in [0.5, 0.6) is 0 Å². The van der Waals surface area contributed by atoms with Gasteiger partial charge in [0.05, 0.1) is 0 Å². The number of aromatic nitrogens is 2. The molecule has 1 saturated carbocycles. The van der Waals surface area contributed by atoms with Gasteiger partial charge in [-0.3, -0.25) is 0 Å². The molecule has 0 aromatic carbocycles. The van der Waals surface area contributed by atoms with Crippen LogP contribution in [0.2, 0.25) is 0 Å². The summed E-state index contributed by atoms with van der Waals surface area (Å²) >= 11 is 1.34. The van der Waals surface area contributed by atoms with Gasteiger partial charge >= 0.3 is 0 Å². The van der Waals surface area contributed by atoms with Crippen molar-refractivity contribution in [3.05, 3.63) is 0 Å². The predicted molar refractivity (Wildman–Crippen MR) is 64.0 cm³/mol. The van der Waals surface area contributed by atoms with Crippen LogP contribution in [0.25, 0.3) is 0 Å². The molecule has 0 spiro atoms. The van der Waals surface area contributed by atoms with Gasteiger partial charge in [-0.25, -0.2) is 0 Å². The van der Waals surface area contributed by atoms with Gasteiger partial charge in [0, 0.05) is 18.1 Å². The summed E-state index contributed by atoms with van der Waals surface area (Å²) in [5.41, 5.74) is 5.44. The summed E-state index contributed by atoms with van der Waals surface area (Å²) in [5, 5.41) is 4.13. The lowest BCUT2D eigenvalue weighted by Gasteiger charge is -2.21. The van der Waals surface area contributed by atoms with Gasteiger partial charge in [-0.1, -0.05) is 32.1 Å². The molecule has 0 radical (unpaired) electrons. The van der Waals surface area contributed by atoms with E-state index in [2.05, 4.69) is 14.7 Å². The summed E-state index contributed by atoms with van der Waals surface area (Å²) in [6.07, 6.45) is 8.31. The second-order valence-corrected chi connectivity index (χ2v) is 4.93. The zero-order chi connectivity index (χ0) is 10.5. The Kier molecular flexibility index (Phi) is 3.77. The van der Waals surface area contributed by atoms with Crippen molar-refractivity contribution < 1.29 is 0 Å². The molecule has 2 rings (SSSR count). The number of hydrogen-bond donors (Lipinski definition) is 2. The van der Waals surface area contributed by atoms with E-state index in [1.165, 1.54) is 50.1 Å². The molecule has 4 nitrogen and oxygen atoms in total. The lowest BCUT2D eigenvalue weighted by molar-refractivity contribution is 0.345. The maximum absolute atomic E-state index is 5.44. The van der Waals surface area contributed by atoms with Gasteiger partial charge in [0.15, 0.2) is 0 Å². The highest BCUT2D eigenvalue weighted by Gasteiger charge is 2.12. The number of nitrogens with one attached hydrogen (secondary N) is 1. The highest BCUT2D eigenvalue weighted by atomic mass is 32.1. The van der Waals surface area contributed by atoms with Crippen molar-refractivity contribution in [2.24, 2.45) is 5.92 Å². The Morgan fingerprint density at radius 3 is 2.80 bits per heavy atom. The maximum atomic E-state index is 5.44. The number of rotatable bonds is 4. The van der Waals surface area contributed by atoms with Crippen LogP contribution in [0.15, 0.2) is 0 Å². The third kappa shape index (κ3) is 3.34. The van der Waals surface area contributed by atoms with Crippen LogP contribution < -0.4 is 11.1 Å². The molecule has 1 aliphatic rings. The second-order valence-electron chi connectivity index (χ2n) is 4.18. The third-order valence-electron chi connectivity index (χ3n) is 3.00. The van der Waals surface area contributed by atoms with Crippen LogP contribution in [0.3, 0.4) is 0 Å². The highest BCUT2D eigenvalue weighted by Crippen LogP contribution is 2.26. The SMILES string of the molecule is Nc1nsc(NCCC2CCCCC2)n1. The summed E-state index contributed by atoms with van der Waals surface area (Å²) in [7, 11) is 0. The normalized spacial score (nSPS) is 17.9. The molecule has 5 heteroatoms. The standard InChI is InChI=1S/C10H18N4S/c11-9-13-10(15-14-9)12-7-6-8-4-2-1-3-5-8/h8H,1-7H2,(H3,11,12,13,14). The summed E-state index contributed by atoms with van der Waals surface area (Å²) in [6, 6.07) is 0. The van der Waals surface area contributed by atoms with Gasteiger partial charge in [0.25, 0.3) is 0 Å². The van der Waals surface area contributed by atoms with Crippen molar-refractivity contribution in [3.63, 3.8) is 0 Å². The van der Waals surface area contributed by atoms with E-state index in [0.717, 1.165) is 17.6 Å². The molecule has 15 heavy (non-hydrogen) atoms. The minimum atomic E-state index is 0.375. The van der Waals surface area contributed by atoms with Gasteiger partial charge in [0.1, 0.15) is 0 Å². The molecule has 0 unspecified atom stereocenters. The van der Waals surface area contributed by atoms with Crippen molar-refractivity contribution in [3.8, 4) is 0 Å². The Bertz CT molecular complexity index is 293. The van der Waals surface area contributed by atoms with Crippen LogP contribution in [0.4, 0.5) is 11.1 Å². The fraction of sp³-hybridized carbons (Fsp3) is 0.800. The summed E-state index contributed by atoms with van der Waals surface area (Å²) in [5.74, 6) is 1.29. The number of hydrogen-bond acceptors (Lipinski definition) is 5. The molecular weight excluding hydrogens is 208 g/mol. The van der Waals surface area contributed by atoms with E-state index in [0.29, 0.717) is 5.95 Å². The number of anilines is 2. The zero-order valence-corrected chi connectivity index (χ0v) is 9.72. The molecule has 1 fully saturated rings. The maximum Gasteiger partial charge on any atom is 0.233 e. The van der Waals surface area contributed by atoms with Crippen molar-refractivity contribution in [1.29, 1.82) is 0 Å². The highest BCUT2D eigenvalue weighted by molar-refractivity contribution is 7.09. The van der Waals surface area contributed by atoms with Crippen LogP contribution in [-0.4, -0.2) is 15.9 Å². The topological polar surface area (TPSA) is 63.8 Å². The first kappa shape index (κ1) is 10.7. The van der Waals surface area contributed by atoms with E-state index < -0.39 is 0 Å². The molecule has 1 aromatic rings. The Labute approximate surface area is 94.5 Å². The first-order valence-corrected chi connectivity index (χ1v) is 6.45. The number of nitrogen functional groups attached to an aromatic ring is 1. The van der Waals surface area contributed by atoms with Crippen molar-refractivity contribution in [1.82, 2.24) is 9.36 Å². The monoisotopic (exact) mass is 226 g/mol. The minimum absolute atomic E-state index is 0.375. The smallest absolute Gasteiger partial charge is 0.233 e. The quantitative estimate of drug-likeness (QED) is 0.828. The Hall–Kier alpha value is -0.840. The fourth-order valence-corrected chi connectivity index (χ4v) is 2.69. The molecule has 1 heterocycles. The summed E-state index contributed by atoms with van der Waals surface area (Å²) < 4.78 is 3.93. The minimum Gasteiger partial charge on any atom is -0.367 e. The van der Waals surface area contributed by atoms with Gasteiger partial charge in [-0.05, 0) is 12.3 Å². The largest absolute Gasteiger partial charge is 0.367 e. The molecule has 0 amide bonds. The first-order chi connectivity index (χ1) is 7.34. The Morgan fingerprint density at radius 2 is 2.13 bits per heavy atom. The number of nitrogens with zero attached hydrogens (tertiary/aromatic N) is 2. The predicted octanol–water partition coefficient (Wildman–Crippen LogP) is 2.50. The molecule has 0 atom stereocenters. The molecule has 84 valence electrons. The lowest BCUT2D eigenvalue weighted by Crippen LogP contribution is -2.12. The molecule has 1 aromatic heterocycles. The fourth-order valence-electron chi connectivity index (χ4n) is 2.17. The van der Waals surface area contributed by atoms with Crippen LogP contribution >= 0.6 is 11.5 Å². The van der Waals surface area contributed by atoms with Crippen molar-refractivity contribution in [2.45, 2.75) is 38.5 Å². The van der Waals surface area contributed by atoms with Crippen LogP contribution in [0.1, 0.15) is 38.5 Å². The van der Waals surface area contributed by atoms with Crippen LogP contribution in [0, 0.1) is 5.92 Å². The van der Waals surface area contributed by atoms with E-state index in [1.807, 2.05) is 0 Å². The molecular formula is C10H18N4S. The van der Waals surface area contributed by atoms with Gasteiger partial charge in [-0.15, -0.1) is 0 Å². The van der Waals surface area contributed by atoms with Crippen molar-refractivity contribution >= 4 is 22.6 Å². The summed E-state index contributed by atoms with van der Waals surface area (Å²) in [6.45, 7) is 0.999. The summed E-state index contributed by atoms with van der Waals surface area (Å²) in [4.78, 5) is 4.07. The van der Waals surface area contributed by atoms with Gasteiger partial charge < -0.3 is 11.1 Å². The molecule has 1 aliphatic carbocycles. The van der Waals surface area contributed by atoms with Crippen molar-refractivity contribution in [2.75, 3.05) is 17.6 Å². The van der Waals surface area contributed by atoms with Crippen LogP contribution in [-0.2, 0) is 0 Å².